The standard InChI is InChI=1S/C29H25N5O/c1-17-14-18(2)16-22(15-17)34-27-25(26-28(34)32-24-13-9-8-12-23(24)31-26)29(35)33(20(4)30-27)19(3)21-10-6-5-7-11-21/h5-16,19H,1-4H3. The number of aryl methyl sites for hydroxylation is 3. The fourth-order valence-electron chi connectivity index (χ4n) is 5.07. The Morgan fingerprint density at radius 3 is 2.06 bits per heavy atom. The largest absolute Gasteiger partial charge is 0.289 e. The second-order valence-electron chi connectivity index (χ2n) is 9.19. The van der Waals surface area contributed by atoms with Crippen LogP contribution < -0.4 is 5.56 Å². The maximum Gasteiger partial charge on any atom is 0.265 e. The van der Waals surface area contributed by atoms with E-state index in [-0.39, 0.29) is 11.6 Å². The summed E-state index contributed by atoms with van der Waals surface area (Å²) in [4.78, 5) is 29.0. The molecule has 6 heteroatoms. The normalized spacial score (nSPS) is 12.6. The average molecular weight is 460 g/mol. The highest BCUT2D eigenvalue weighted by atomic mass is 16.1. The van der Waals surface area contributed by atoms with Crippen LogP contribution in [0.15, 0.2) is 77.6 Å². The number of rotatable bonds is 3. The van der Waals surface area contributed by atoms with E-state index in [1.165, 1.54) is 0 Å². The number of aromatic nitrogens is 5. The van der Waals surface area contributed by atoms with Gasteiger partial charge in [0.2, 0.25) is 0 Å². The zero-order chi connectivity index (χ0) is 24.3. The van der Waals surface area contributed by atoms with E-state index in [1.807, 2.05) is 73.0 Å². The van der Waals surface area contributed by atoms with Crippen molar-refractivity contribution >= 4 is 33.2 Å². The van der Waals surface area contributed by atoms with Crippen molar-refractivity contribution in [3.8, 4) is 5.69 Å². The fourth-order valence-corrected chi connectivity index (χ4v) is 5.07. The molecular weight excluding hydrogens is 434 g/mol. The van der Waals surface area contributed by atoms with Gasteiger partial charge in [0.1, 0.15) is 16.7 Å². The molecule has 0 aliphatic rings. The first-order valence-electron chi connectivity index (χ1n) is 11.8. The predicted molar refractivity (Wildman–Crippen MR) is 140 cm³/mol. The van der Waals surface area contributed by atoms with Gasteiger partial charge in [-0.2, -0.15) is 0 Å². The Kier molecular flexibility index (Phi) is 4.78. The molecule has 3 heterocycles. The third kappa shape index (κ3) is 3.33. The van der Waals surface area contributed by atoms with Gasteiger partial charge < -0.3 is 0 Å². The molecule has 0 radical (unpaired) electrons. The van der Waals surface area contributed by atoms with Gasteiger partial charge in [-0.05, 0) is 68.7 Å². The van der Waals surface area contributed by atoms with Crippen molar-refractivity contribution in [3.63, 3.8) is 0 Å². The van der Waals surface area contributed by atoms with Crippen molar-refractivity contribution in [1.82, 2.24) is 24.1 Å². The Labute approximate surface area is 202 Å². The van der Waals surface area contributed by atoms with Gasteiger partial charge in [-0.3, -0.25) is 13.9 Å². The highest BCUT2D eigenvalue weighted by molar-refractivity contribution is 6.05. The molecule has 35 heavy (non-hydrogen) atoms. The van der Waals surface area contributed by atoms with Gasteiger partial charge in [-0.25, -0.2) is 15.0 Å². The van der Waals surface area contributed by atoms with Crippen LogP contribution in [0.4, 0.5) is 0 Å². The van der Waals surface area contributed by atoms with E-state index in [0.29, 0.717) is 28.0 Å². The minimum atomic E-state index is -0.173. The molecular formula is C29H25N5O. The minimum Gasteiger partial charge on any atom is -0.289 e. The zero-order valence-corrected chi connectivity index (χ0v) is 20.1. The molecule has 172 valence electrons. The summed E-state index contributed by atoms with van der Waals surface area (Å²) >= 11 is 0. The van der Waals surface area contributed by atoms with E-state index >= 15 is 0 Å². The second kappa shape index (κ2) is 7.87. The molecule has 1 unspecified atom stereocenters. The van der Waals surface area contributed by atoms with E-state index < -0.39 is 0 Å². The first-order chi connectivity index (χ1) is 16.9. The lowest BCUT2D eigenvalue weighted by Crippen LogP contribution is -2.27. The van der Waals surface area contributed by atoms with E-state index in [4.69, 9.17) is 15.0 Å². The van der Waals surface area contributed by atoms with Crippen LogP contribution >= 0.6 is 0 Å². The minimum absolute atomic E-state index is 0.110. The van der Waals surface area contributed by atoms with Crippen LogP contribution in [0.2, 0.25) is 0 Å². The number of hydrogen-bond acceptors (Lipinski definition) is 4. The lowest BCUT2D eigenvalue weighted by molar-refractivity contribution is 0.587. The lowest BCUT2D eigenvalue weighted by Gasteiger charge is -2.18. The Morgan fingerprint density at radius 1 is 0.743 bits per heavy atom. The molecule has 3 aromatic carbocycles. The van der Waals surface area contributed by atoms with Crippen molar-refractivity contribution in [2.24, 2.45) is 0 Å². The van der Waals surface area contributed by atoms with Gasteiger partial charge in [0.15, 0.2) is 11.3 Å². The summed E-state index contributed by atoms with van der Waals surface area (Å²) in [6, 6.07) is 23.9. The van der Waals surface area contributed by atoms with Crippen LogP contribution in [-0.4, -0.2) is 24.1 Å². The molecule has 0 bridgehead atoms. The van der Waals surface area contributed by atoms with Crippen LogP contribution in [0.25, 0.3) is 38.9 Å². The fraction of sp³-hybridized carbons (Fsp3) is 0.172. The highest BCUT2D eigenvalue weighted by Gasteiger charge is 2.24. The smallest absolute Gasteiger partial charge is 0.265 e. The number of benzene rings is 3. The topological polar surface area (TPSA) is 65.6 Å². The molecule has 3 aromatic heterocycles. The van der Waals surface area contributed by atoms with E-state index in [2.05, 4.69) is 32.0 Å². The summed E-state index contributed by atoms with van der Waals surface area (Å²) in [5.41, 5.74) is 7.45. The predicted octanol–water partition coefficient (Wildman–Crippen LogP) is 5.82. The quantitative estimate of drug-likeness (QED) is 0.335. The first kappa shape index (κ1) is 21.2. The number of fused-ring (bicyclic) bond motifs is 4. The first-order valence-corrected chi connectivity index (χ1v) is 11.8. The second-order valence-corrected chi connectivity index (χ2v) is 9.19. The maximum atomic E-state index is 14.1. The molecule has 6 aromatic rings. The summed E-state index contributed by atoms with van der Waals surface area (Å²) in [6.45, 7) is 8.06. The summed E-state index contributed by atoms with van der Waals surface area (Å²) in [6.07, 6.45) is 0. The molecule has 6 nitrogen and oxygen atoms in total. The van der Waals surface area contributed by atoms with Crippen molar-refractivity contribution in [2.75, 3.05) is 0 Å². The Bertz CT molecular complexity index is 1790. The molecule has 0 aliphatic carbocycles. The summed E-state index contributed by atoms with van der Waals surface area (Å²) in [5, 5.41) is 0.491. The van der Waals surface area contributed by atoms with Crippen LogP contribution in [0.1, 0.15) is 35.5 Å². The third-order valence-corrected chi connectivity index (χ3v) is 6.62. The van der Waals surface area contributed by atoms with Gasteiger partial charge in [0.25, 0.3) is 5.56 Å². The molecule has 6 rings (SSSR count). The van der Waals surface area contributed by atoms with E-state index in [9.17, 15) is 4.79 Å². The average Bonchev–Trinajstić information content (AvgIpc) is 3.15. The van der Waals surface area contributed by atoms with Crippen LogP contribution in [0.3, 0.4) is 0 Å². The van der Waals surface area contributed by atoms with Gasteiger partial charge in [-0.1, -0.05) is 48.5 Å². The Balaban J connectivity index is 1.77. The summed E-state index contributed by atoms with van der Waals surface area (Å²) in [5.74, 6) is 0.650. The lowest BCUT2D eigenvalue weighted by atomic mass is 10.1. The van der Waals surface area contributed by atoms with Gasteiger partial charge in [-0.15, -0.1) is 0 Å². The van der Waals surface area contributed by atoms with Crippen LogP contribution in [0.5, 0.6) is 0 Å². The van der Waals surface area contributed by atoms with Crippen molar-refractivity contribution in [1.29, 1.82) is 0 Å². The van der Waals surface area contributed by atoms with Crippen molar-refractivity contribution in [2.45, 2.75) is 33.7 Å². The Hall–Kier alpha value is -4.32. The summed E-state index contributed by atoms with van der Waals surface area (Å²) in [7, 11) is 0. The number of para-hydroxylation sites is 2. The van der Waals surface area contributed by atoms with Crippen molar-refractivity contribution in [3.05, 3.63) is 106 Å². The van der Waals surface area contributed by atoms with E-state index in [0.717, 1.165) is 33.4 Å². The molecule has 0 saturated carbocycles. The van der Waals surface area contributed by atoms with Crippen LogP contribution in [-0.2, 0) is 0 Å². The molecule has 0 fully saturated rings. The van der Waals surface area contributed by atoms with Gasteiger partial charge in [0.05, 0.1) is 17.1 Å². The third-order valence-electron chi connectivity index (χ3n) is 6.62. The highest BCUT2D eigenvalue weighted by Crippen LogP contribution is 2.30. The maximum absolute atomic E-state index is 14.1. The summed E-state index contributed by atoms with van der Waals surface area (Å²) < 4.78 is 3.75. The number of hydrogen-bond donors (Lipinski definition) is 0. The van der Waals surface area contributed by atoms with Crippen molar-refractivity contribution < 1.29 is 0 Å². The van der Waals surface area contributed by atoms with Crippen LogP contribution in [0, 0.1) is 20.8 Å². The molecule has 0 spiro atoms. The van der Waals surface area contributed by atoms with Gasteiger partial charge in [0, 0.05) is 5.69 Å². The van der Waals surface area contributed by atoms with Gasteiger partial charge >= 0.3 is 0 Å². The Morgan fingerprint density at radius 2 is 1.37 bits per heavy atom. The molecule has 0 N–H and O–H groups in total. The zero-order valence-electron chi connectivity index (χ0n) is 20.1. The molecule has 0 saturated heterocycles. The monoisotopic (exact) mass is 459 g/mol. The SMILES string of the molecule is Cc1cc(C)cc(-n2c3nc4ccccc4nc3c3c(=O)n(C(C)c4ccccc4)c(C)nc32)c1. The van der Waals surface area contributed by atoms with E-state index in [1.54, 1.807) is 4.57 Å². The number of nitrogens with zero attached hydrogens (tertiary/aromatic N) is 5. The molecule has 0 aliphatic heterocycles. The molecule has 1 atom stereocenters. The molecule has 0 amide bonds.